The molecule has 0 amide bonds. The number of halogens is 2. The molecule has 2 rings (SSSR count). The van der Waals surface area contributed by atoms with E-state index in [4.69, 9.17) is 11.6 Å². The van der Waals surface area contributed by atoms with Crippen LogP contribution in [0.3, 0.4) is 0 Å². The van der Waals surface area contributed by atoms with Crippen LogP contribution in [0.15, 0.2) is 0 Å². The van der Waals surface area contributed by atoms with Crippen molar-refractivity contribution in [2.75, 3.05) is 0 Å². The van der Waals surface area contributed by atoms with Crippen molar-refractivity contribution < 1.29 is 4.39 Å². The van der Waals surface area contributed by atoms with E-state index >= 15 is 0 Å². The Hall–Kier alpha value is 0.220. The Kier molecular flexibility index (Phi) is 1.08. The lowest BCUT2D eigenvalue weighted by molar-refractivity contribution is 0.182. The van der Waals surface area contributed by atoms with Crippen LogP contribution in [0, 0.1) is 11.8 Å². The maximum atomic E-state index is 13.1. The molecular weight excluding hydrogens is 139 g/mol. The summed E-state index contributed by atoms with van der Waals surface area (Å²) in [5.41, 5.74) is 0. The van der Waals surface area contributed by atoms with Crippen LogP contribution in [0.4, 0.5) is 4.39 Å². The second kappa shape index (κ2) is 1.63. The van der Waals surface area contributed by atoms with Crippen LogP contribution < -0.4 is 0 Å². The molecular formula is C7H10ClF. The lowest BCUT2D eigenvalue weighted by Gasteiger charge is -2.21. The van der Waals surface area contributed by atoms with Crippen molar-refractivity contribution in [3.63, 3.8) is 0 Å². The Morgan fingerprint density at radius 3 is 2.44 bits per heavy atom. The van der Waals surface area contributed by atoms with Gasteiger partial charge in [0.1, 0.15) is 0 Å². The minimum Gasteiger partial charge on any atom is -0.226 e. The third-order valence-electron chi connectivity index (χ3n) is 2.70. The standard InChI is InChI=1S/C7H10ClF/c8-7(9)4-5-1-2-6(7)3-5/h5-6H,1-4H2. The van der Waals surface area contributed by atoms with Crippen molar-refractivity contribution in [3.05, 3.63) is 0 Å². The Balaban J connectivity index is 2.18. The molecule has 2 aliphatic carbocycles. The second-order valence-electron chi connectivity index (χ2n) is 3.34. The monoisotopic (exact) mass is 148 g/mol. The molecule has 2 fully saturated rings. The van der Waals surface area contributed by atoms with Crippen LogP contribution in [0.1, 0.15) is 25.7 Å². The number of fused-ring (bicyclic) bond motifs is 2. The van der Waals surface area contributed by atoms with Gasteiger partial charge in [-0.2, -0.15) is 0 Å². The third kappa shape index (κ3) is 0.778. The fourth-order valence-corrected chi connectivity index (χ4v) is 2.61. The Morgan fingerprint density at radius 1 is 1.44 bits per heavy atom. The molecule has 0 aliphatic heterocycles. The summed E-state index contributed by atoms with van der Waals surface area (Å²) in [6.07, 6.45) is 3.88. The zero-order chi connectivity index (χ0) is 6.48. The first-order chi connectivity index (χ1) is 4.18. The van der Waals surface area contributed by atoms with Gasteiger partial charge >= 0.3 is 0 Å². The zero-order valence-electron chi connectivity index (χ0n) is 5.24. The highest BCUT2D eigenvalue weighted by atomic mass is 35.5. The van der Waals surface area contributed by atoms with Crippen molar-refractivity contribution >= 4 is 11.6 Å². The molecule has 0 radical (unpaired) electrons. The quantitative estimate of drug-likeness (QED) is 0.464. The molecule has 0 aromatic carbocycles. The van der Waals surface area contributed by atoms with Crippen LogP contribution in [-0.2, 0) is 0 Å². The third-order valence-corrected chi connectivity index (χ3v) is 3.16. The van der Waals surface area contributed by atoms with Gasteiger partial charge in [0, 0.05) is 5.92 Å². The summed E-state index contributed by atoms with van der Waals surface area (Å²) in [5, 5.41) is -1.32. The van der Waals surface area contributed by atoms with E-state index in [1.54, 1.807) is 0 Å². The van der Waals surface area contributed by atoms with Crippen LogP contribution in [0.25, 0.3) is 0 Å². The van der Waals surface area contributed by atoms with E-state index in [0.29, 0.717) is 12.3 Å². The number of rotatable bonds is 0. The molecule has 0 spiro atoms. The van der Waals surface area contributed by atoms with Crippen LogP contribution >= 0.6 is 11.6 Å². The van der Waals surface area contributed by atoms with Gasteiger partial charge < -0.3 is 0 Å². The first-order valence-electron chi connectivity index (χ1n) is 3.56. The number of hydrogen-bond acceptors (Lipinski definition) is 0. The first kappa shape index (κ1) is 5.96. The van der Waals surface area contributed by atoms with E-state index < -0.39 is 5.13 Å². The van der Waals surface area contributed by atoms with E-state index in [1.807, 2.05) is 0 Å². The minimum atomic E-state index is -1.32. The highest BCUT2D eigenvalue weighted by molar-refractivity contribution is 6.23. The van der Waals surface area contributed by atoms with Crippen molar-refractivity contribution in [1.29, 1.82) is 0 Å². The summed E-state index contributed by atoms with van der Waals surface area (Å²) in [4.78, 5) is 0. The molecule has 0 heterocycles. The maximum Gasteiger partial charge on any atom is 0.186 e. The molecule has 2 heteroatoms. The van der Waals surface area contributed by atoms with Crippen molar-refractivity contribution in [2.24, 2.45) is 11.8 Å². The summed E-state index contributed by atoms with van der Waals surface area (Å²) in [6.45, 7) is 0. The van der Waals surface area contributed by atoms with Gasteiger partial charge in [-0.15, -0.1) is 0 Å². The zero-order valence-corrected chi connectivity index (χ0v) is 5.99. The molecule has 0 aromatic rings. The summed E-state index contributed by atoms with van der Waals surface area (Å²) in [5.74, 6) is 0.793. The highest BCUT2D eigenvalue weighted by Crippen LogP contribution is 2.54. The largest absolute Gasteiger partial charge is 0.226 e. The van der Waals surface area contributed by atoms with E-state index in [1.165, 1.54) is 6.42 Å². The van der Waals surface area contributed by atoms with Gasteiger partial charge in [-0.25, -0.2) is 4.39 Å². The Morgan fingerprint density at radius 2 is 2.22 bits per heavy atom. The first-order valence-corrected chi connectivity index (χ1v) is 3.94. The van der Waals surface area contributed by atoms with Gasteiger partial charge in [0.2, 0.25) is 0 Å². The lowest BCUT2D eigenvalue weighted by atomic mass is 9.98. The predicted molar refractivity (Wildman–Crippen MR) is 35.1 cm³/mol. The molecule has 0 aromatic heterocycles. The summed E-state index contributed by atoms with van der Waals surface area (Å²) in [6, 6.07) is 0. The van der Waals surface area contributed by atoms with E-state index in [2.05, 4.69) is 0 Å². The Labute approximate surface area is 59.4 Å². The average molecular weight is 149 g/mol. The van der Waals surface area contributed by atoms with Gasteiger partial charge in [0.05, 0.1) is 0 Å². The minimum absolute atomic E-state index is 0.184. The van der Waals surface area contributed by atoms with Gasteiger partial charge in [0.15, 0.2) is 5.13 Å². The molecule has 0 nitrogen and oxygen atoms in total. The van der Waals surface area contributed by atoms with E-state index in [0.717, 1.165) is 12.8 Å². The number of hydrogen-bond donors (Lipinski definition) is 0. The fourth-order valence-electron chi connectivity index (χ4n) is 2.20. The molecule has 2 bridgehead atoms. The number of alkyl halides is 2. The van der Waals surface area contributed by atoms with E-state index in [9.17, 15) is 4.39 Å². The second-order valence-corrected chi connectivity index (χ2v) is 3.97. The van der Waals surface area contributed by atoms with Gasteiger partial charge in [-0.1, -0.05) is 11.6 Å². The SMILES string of the molecule is FC1(Cl)CC2CCC1C2. The molecule has 2 aliphatic rings. The smallest absolute Gasteiger partial charge is 0.186 e. The van der Waals surface area contributed by atoms with Gasteiger partial charge in [-0.3, -0.25) is 0 Å². The normalized spacial score (nSPS) is 56.7. The fraction of sp³-hybridized carbons (Fsp3) is 1.00. The van der Waals surface area contributed by atoms with Gasteiger partial charge in [-0.05, 0) is 31.6 Å². The highest BCUT2D eigenvalue weighted by Gasteiger charge is 2.50. The van der Waals surface area contributed by atoms with Crippen molar-refractivity contribution in [3.8, 4) is 0 Å². The average Bonchev–Trinajstić information content (AvgIpc) is 2.19. The maximum absolute atomic E-state index is 13.1. The summed E-state index contributed by atoms with van der Waals surface area (Å²) in [7, 11) is 0. The van der Waals surface area contributed by atoms with Crippen LogP contribution in [0.2, 0.25) is 0 Å². The summed E-state index contributed by atoms with van der Waals surface area (Å²) >= 11 is 5.60. The summed E-state index contributed by atoms with van der Waals surface area (Å²) < 4.78 is 13.1. The van der Waals surface area contributed by atoms with E-state index in [-0.39, 0.29) is 5.92 Å². The molecule has 0 saturated heterocycles. The van der Waals surface area contributed by atoms with Crippen molar-refractivity contribution in [1.82, 2.24) is 0 Å². The van der Waals surface area contributed by atoms with Crippen LogP contribution in [-0.4, -0.2) is 5.13 Å². The molecule has 2 saturated carbocycles. The Bertz CT molecular complexity index is 133. The molecule has 3 unspecified atom stereocenters. The molecule has 0 N–H and O–H groups in total. The van der Waals surface area contributed by atoms with Crippen LogP contribution in [0.5, 0.6) is 0 Å². The van der Waals surface area contributed by atoms with Gasteiger partial charge in [0.25, 0.3) is 0 Å². The predicted octanol–water partition coefficient (Wildman–Crippen LogP) is 2.71. The lowest BCUT2D eigenvalue weighted by Crippen LogP contribution is -2.22. The molecule has 9 heavy (non-hydrogen) atoms. The molecule has 52 valence electrons. The molecule has 3 atom stereocenters. The van der Waals surface area contributed by atoms with Crippen molar-refractivity contribution in [2.45, 2.75) is 30.8 Å². The topological polar surface area (TPSA) is 0 Å².